The first-order valence-corrected chi connectivity index (χ1v) is 6.75. The van der Waals surface area contributed by atoms with Gasteiger partial charge in [0.2, 0.25) is 0 Å². The van der Waals surface area contributed by atoms with E-state index in [4.69, 9.17) is 9.31 Å². The lowest BCUT2D eigenvalue weighted by atomic mass is 9.79. The molecule has 0 radical (unpaired) electrons. The van der Waals surface area contributed by atoms with Crippen molar-refractivity contribution < 1.29 is 31.6 Å². The molecule has 2 rings (SSSR count). The van der Waals surface area contributed by atoms with Crippen molar-refractivity contribution in [1.29, 1.82) is 0 Å². The Kier molecular flexibility index (Phi) is 4.21. The van der Waals surface area contributed by atoms with Gasteiger partial charge in [-0.3, -0.25) is 0 Å². The molecule has 122 valence electrons. The molecule has 1 aromatic carbocycles. The number of rotatable bonds is 3. The van der Waals surface area contributed by atoms with E-state index in [1.54, 1.807) is 0 Å². The van der Waals surface area contributed by atoms with Crippen molar-refractivity contribution in [3.8, 4) is 5.75 Å². The summed E-state index contributed by atoms with van der Waals surface area (Å²) in [5.74, 6) is -0.938. The van der Waals surface area contributed by atoms with Crippen molar-refractivity contribution in [3.05, 3.63) is 24.0 Å². The van der Waals surface area contributed by atoms with Gasteiger partial charge in [-0.05, 0) is 45.3 Å². The summed E-state index contributed by atoms with van der Waals surface area (Å²) in [6.45, 7) is 5.82. The molecule has 8 heteroatoms. The van der Waals surface area contributed by atoms with E-state index in [-0.39, 0.29) is 11.2 Å². The first-order valence-electron chi connectivity index (χ1n) is 6.75. The van der Waals surface area contributed by atoms with Gasteiger partial charge in [0.15, 0.2) is 6.61 Å². The molecule has 0 aromatic heterocycles. The minimum Gasteiger partial charge on any atom is -0.484 e. The second-order valence-electron chi connectivity index (χ2n) is 6.21. The Morgan fingerprint density at radius 1 is 1.05 bits per heavy atom. The molecule has 0 unspecified atom stereocenters. The summed E-state index contributed by atoms with van der Waals surface area (Å²) < 4.78 is 66.2. The molecule has 1 heterocycles. The maximum atomic E-state index is 13.6. The summed E-state index contributed by atoms with van der Waals surface area (Å²) >= 11 is 0. The Hall–Kier alpha value is -1.28. The predicted molar refractivity (Wildman–Crippen MR) is 73.7 cm³/mol. The fraction of sp³-hybridized carbons (Fsp3) is 0.571. The second kappa shape index (κ2) is 5.42. The van der Waals surface area contributed by atoms with Crippen molar-refractivity contribution in [2.24, 2.45) is 0 Å². The normalized spacial score (nSPS) is 20.3. The summed E-state index contributed by atoms with van der Waals surface area (Å²) in [7, 11) is -0.867. The van der Waals surface area contributed by atoms with Gasteiger partial charge in [0.05, 0.1) is 11.2 Å². The monoisotopic (exact) mass is 320 g/mol. The van der Waals surface area contributed by atoms with Crippen LogP contribution in [0.1, 0.15) is 27.7 Å². The van der Waals surface area contributed by atoms with Gasteiger partial charge in [0.1, 0.15) is 11.6 Å². The molecular formula is C14H17BF4O3. The lowest BCUT2D eigenvalue weighted by molar-refractivity contribution is -0.153. The number of hydrogen-bond acceptors (Lipinski definition) is 3. The van der Waals surface area contributed by atoms with E-state index in [9.17, 15) is 17.6 Å². The molecule has 0 saturated carbocycles. The van der Waals surface area contributed by atoms with Gasteiger partial charge in [-0.15, -0.1) is 0 Å². The van der Waals surface area contributed by atoms with E-state index in [2.05, 4.69) is 4.74 Å². The molecule has 0 spiro atoms. The SMILES string of the molecule is CC1(C)OB(c2cc(F)cc(OCC(F)(F)F)c2)OC1(C)C. The Labute approximate surface area is 126 Å². The Morgan fingerprint density at radius 3 is 2.09 bits per heavy atom. The van der Waals surface area contributed by atoms with Crippen LogP contribution in [0.5, 0.6) is 5.75 Å². The van der Waals surface area contributed by atoms with Gasteiger partial charge >= 0.3 is 13.3 Å². The highest BCUT2D eigenvalue weighted by Crippen LogP contribution is 2.36. The van der Waals surface area contributed by atoms with Gasteiger partial charge in [-0.1, -0.05) is 0 Å². The molecule has 1 aromatic rings. The largest absolute Gasteiger partial charge is 0.495 e. The molecule has 1 aliphatic rings. The highest BCUT2D eigenvalue weighted by atomic mass is 19.4. The summed E-state index contributed by atoms with van der Waals surface area (Å²) in [4.78, 5) is 0. The van der Waals surface area contributed by atoms with Crippen LogP contribution >= 0.6 is 0 Å². The Bertz CT molecular complexity index is 542. The Balaban J connectivity index is 2.21. The number of halogens is 4. The van der Waals surface area contributed by atoms with Crippen molar-refractivity contribution in [2.45, 2.75) is 45.1 Å². The predicted octanol–water partition coefficient (Wildman–Crippen LogP) is 3.07. The van der Waals surface area contributed by atoms with Crippen LogP contribution in [-0.4, -0.2) is 31.1 Å². The zero-order chi connectivity index (χ0) is 16.8. The van der Waals surface area contributed by atoms with E-state index in [1.165, 1.54) is 6.07 Å². The molecule has 0 bridgehead atoms. The standard InChI is InChI=1S/C14H17BF4O3/c1-12(2)13(3,4)22-15(21-12)9-5-10(16)7-11(6-9)20-8-14(17,18)19/h5-7H,8H2,1-4H3. The summed E-state index contributed by atoms with van der Waals surface area (Å²) in [6.07, 6.45) is -4.49. The fourth-order valence-corrected chi connectivity index (χ4v) is 1.95. The minimum atomic E-state index is -4.49. The second-order valence-corrected chi connectivity index (χ2v) is 6.21. The van der Waals surface area contributed by atoms with Gasteiger partial charge in [-0.25, -0.2) is 4.39 Å². The van der Waals surface area contributed by atoms with Crippen LogP contribution in [0.25, 0.3) is 0 Å². The highest BCUT2D eigenvalue weighted by Gasteiger charge is 2.51. The van der Waals surface area contributed by atoms with Crippen LogP contribution in [0, 0.1) is 5.82 Å². The number of ether oxygens (including phenoxy) is 1. The summed E-state index contributed by atoms with van der Waals surface area (Å²) in [5.41, 5.74) is -0.982. The third kappa shape index (κ3) is 3.73. The maximum absolute atomic E-state index is 13.6. The third-order valence-corrected chi connectivity index (χ3v) is 3.82. The molecule has 22 heavy (non-hydrogen) atoms. The number of alkyl halides is 3. The van der Waals surface area contributed by atoms with E-state index < -0.39 is 36.9 Å². The van der Waals surface area contributed by atoms with Crippen molar-refractivity contribution in [3.63, 3.8) is 0 Å². The minimum absolute atomic E-state index is 0.220. The number of benzene rings is 1. The molecule has 0 amide bonds. The smallest absolute Gasteiger partial charge is 0.484 e. The van der Waals surface area contributed by atoms with E-state index in [1.807, 2.05) is 27.7 Å². The molecule has 0 atom stereocenters. The van der Waals surface area contributed by atoms with Crippen LogP contribution in [0.3, 0.4) is 0 Å². The fourth-order valence-electron chi connectivity index (χ4n) is 1.95. The van der Waals surface area contributed by atoms with Gasteiger partial charge in [-0.2, -0.15) is 13.2 Å². The lowest BCUT2D eigenvalue weighted by Crippen LogP contribution is -2.41. The van der Waals surface area contributed by atoms with Crippen molar-refractivity contribution in [2.75, 3.05) is 6.61 Å². The number of hydrogen-bond donors (Lipinski definition) is 0. The molecule has 0 N–H and O–H groups in total. The molecule has 3 nitrogen and oxygen atoms in total. The van der Waals surface area contributed by atoms with Crippen LogP contribution in [-0.2, 0) is 9.31 Å². The zero-order valence-corrected chi connectivity index (χ0v) is 12.8. The third-order valence-electron chi connectivity index (χ3n) is 3.82. The summed E-state index contributed by atoms with van der Waals surface area (Å²) in [6, 6.07) is 3.33. The van der Waals surface area contributed by atoms with Gasteiger partial charge < -0.3 is 14.0 Å². The van der Waals surface area contributed by atoms with Gasteiger partial charge in [0.25, 0.3) is 0 Å². The first-order chi connectivity index (χ1) is 9.90. The average molecular weight is 320 g/mol. The van der Waals surface area contributed by atoms with Crippen molar-refractivity contribution in [1.82, 2.24) is 0 Å². The maximum Gasteiger partial charge on any atom is 0.495 e. The molecule has 0 aliphatic carbocycles. The van der Waals surface area contributed by atoms with Gasteiger partial charge in [0, 0.05) is 6.07 Å². The van der Waals surface area contributed by atoms with E-state index >= 15 is 0 Å². The molecule has 1 fully saturated rings. The Morgan fingerprint density at radius 2 is 1.59 bits per heavy atom. The average Bonchev–Trinajstić information content (AvgIpc) is 2.55. The molecule has 1 aliphatic heterocycles. The van der Waals surface area contributed by atoms with Crippen LogP contribution in [0.2, 0.25) is 0 Å². The molecule has 1 saturated heterocycles. The quantitative estimate of drug-likeness (QED) is 0.633. The highest BCUT2D eigenvalue weighted by molar-refractivity contribution is 6.62. The zero-order valence-electron chi connectivity index (χ0n) is 12.8. The van der Waals surface area contributed by atoms with E-state index in [0.717, 1.165) is 12.1 Å². The van der Waals surface area contributed by atoms with Crippen LogP contribution < -0.4 is 10.2 Å². The van der Waals surface area contributed by atoms with Crippen molar-refractivity contribution >= 4 is 12.6 Å². The topological polar surface area (TPSA) is 27.7 Å². The van der Waals surface area contributed by atoms with Crippen LogP contribution in [0.4, 0.5) is 17.6 Å². The molecular weight excluding hydrogens is 303 g/mol. The summed E-state index contributed by atoms with van der Waals surface area (Å²) in [5, 5.41) is 0. The van der Waals surface area contributed by atoms with Crippen LogP contribution in [0.15, 0.2) is 18.2 Å². The first kappa shape index (κ1) is 17.1. The lowest BCUT2D eigenvalue weighted by Gasteiger charge is -2.32. The van der Waals surface area contributed by atoms with E-state index in [0.29, 0.717) is 0 Å².